The summed E-state index contributed by atoms with van der Waals surface area (Å²) >= 11 is 0. The molecule has 2 N–H and O–H groups in total. The Morgan fingerprint density at radius 3 is 2.60 bits per heavy atom. The lowest BCUT2D eigenvalue weighted by molar-refractivity contribution is -0.118. The van der Waals surface area contributed by atoms with Crippen molar-refractivity contribution in [2.75, 3.05) is 5.32 Å². The van der Waals surface area contributed by atoms with E-state index in [1.54, 1.807) is 36.4 Å². The number of amides is 1. The van der Waals surface area contributed by atoms with Gasteiger partial charge >= 0.3 is 0 Å². The van der Waals surface area contributed by atoms with Crippen LogP contribution in [-0.4, -0.2) is 11.0 Å². The molecular formula is C16H14N2O2. The fourth-order valence-electron chi connectivity index (χ4n) is 1.87. The van der Waals surface area contributed by atoms with Crippen molar-refractivity contribution >= 4 is 11.6 Å². The third-order valence-electron chi connectivity index (χ3n) is 2.86. The summed E-state index contributed by atoms with van der Waals surface area (Å²) in [5.74, 6) is -1.01. The Balaban J connectivity index is 2.05. The van der Waals surface area contributed by atoms with Crippen molar-refractivity contribution < 1.29 is 9.90 Å². The number of carbonyl (C=O) groups excluding carboxylic acids is 1. The highest BCUT2D eigenvalue weighted by Gasteiger charge is 2.18. The molecule has 2 rings (SSSR count). The molecule has 100 valence electrons. The zero-order valence-corrected chi connectivity index (χ0v) is 10.8. The highest BCUT2D eigenvalue weighted by atomic mass is 16.3. The molecule has 0 aliphatic rings. The van der Waals surface area contributed by atoms with Crippen LogP contribution < -0.4 is 5.32 Å². The van der Waals surface area contributed by atoms with Crippen LogP contribution in [0.1, 0.15) is 5.56 Å². The minimum atomic E-state index is -0.794. The lowest BCUT2D eigenvalue weighted by atomic mass is 9.99. The lowest BCUT2D eigenvalue weighted by Gasteiger charge is -2.10. The van der Waals surface area contributed by atoms with E-state index >= 15 is 0 Å². The second-order valence-electron chi connectivity index (χ2n) is 4.41. The number of phenols is 1. The SMILES string of the molecule is N#CC(Cc1cccc(O)c1)C(=O)Nc1ccccc1. The summed E-state index contributed by atoms with van der Waals surface area (Å²) in [7, 11) is 0. The zero-order valence-electron chi connectivity index (χ0n) is 10.8. The largest absolute Gasteiger partial charge is 0.508 e. The van der Waals surface area contributed by atoms with E-state index in [0.29, 0.717) is 5.69 Å². The number of para-hydroxylation sites is 1. The van der Waals surface area contributed by atoms with Crippen molar-refractivity contribution in [1.29, 1.82) is 5.26 Å². The van der Waals surface area contributed by atoms with E-state index in [1.165, 1.54) is 0 Å². The fourth-order valence-corrected chi connectivity index (χ4v) is 1.87. The van der Waals surface area contributed by atoms with Crippen LogP contribution in [-0.2, 0) is 11.2 Å². The van der Waals surface area contributed by atoms with Crippen molar-refractivity contribution in [3.8, 4) is 11.8 Å². The molecule has 0 bridgehead atoms. The Bertz CT molecular complexity index is 632. The summed E-state index contributed by atoms with van der Waals surface area (Å²) in [5, 5.41) is 21.2. The van der Waals surface area contributed by atoms with Crippen molar-refractivity contribution in [1.82, 2.24) is 0 Å². The number of anilines is 1. The molecule has 4 heteroatoms. The monoisotopic (exact) mass is 266 g/mol. The summed E-state index contributed by atoms with van der Waals surface area (Å²) in [6.07, 6.45) is 0.267. The quantitative estimate of drug-likeness (QED) is 0.893. The van der Waals surface area contributed by atoms with Gasteiger partial charge < -0.3 is 10.4 Å². The van der Waals surface area contributed by atoms with Crippen LogP contribution in [0.2, 0.25) is 0 Å². The standard InChI is InChI=1S/C16H14N2O2/c17-11-13(9-12-5-4-8-15(19)10-12)16(20)18-14-6-2-1-3-7-14/h1-8,10,13,19H,9H2,(H,18,20). The van der Waals surface area contributed by atoms with Gasteiger partial charge in [-0.15, -0.1) is 0 Å². The summed E-state index contributed by atoms with van der Waals surface area (Å²) in [5.41, 5.74) is 1.41. The number of hydrogen-bond donors (Lipinski definition) is 2. The number of nitrogens with one attached hydrogen (secondary N) is 1. The molecule has 1 atom stereocenters. The van der Waals surface area contributed by atoms with Gasteiger partial charge in [-0.05, 0) is 36.2 Å². The zero-order chi connectivity index (χ0) is 14.4. The predicted octanol–water partition coefficient (Wildman–Crippen LogP) is 2.71. The van der Waals surface area contributed by atoms with E-state index in [-0.39, 0.29) is 18.1 Å². The molecule has 0 heterocycles. The number of carbonyl (C=O) groups is 1. The third-order valence-corrected chi connectivity index (χ3v) is 2.86. The third kappa shape index (κ3) is 3.59. The number of aromatic hydroxyl groups is 1. The number of benzene rings is 2. The maximum Gasteiger partial charge on any atom is 0.242 e. The van der Waals surface area contributed by atoms with Gasteiger partial charge in [0.05, 0.1) is 6.07 Å². The maximum absolute atomic E-state index is 12.0. The molecule has 4 nitrogen and oxygen atoms in total. The molecule has 20 heavy (non-hydrogen) atoms. The van der Waals surface area contributed by atoms with Crippen LogP contribution >= 0.6 is 0 Å². The maximum atomic E-state index is 12.0. The van der Waals surface area contributed by atoms with Gasteiger partial charge in [0, 0.05) is 5.69 Å². The van der Waals surface area contributed by atoms with Crippen LogP contribution in [0.5, 0.6) is 5.75 Å². The first-order valence-electron chi connectivity index (χ1n) is 6.22. The van der Waals surface area contributed by atoms with Crippen molar-refractivity contribution in [3.63, 3.8) is 0 Å². The number of hydrogen-bond acceptors (Lipinski definition) is 3. The molecule has 0 saturated heterocycles. The van der Waals surface area contributed by atoms with Crippen LogP contribution in [0.25, 0.3) is 0 Å². The van der Waals surface area contributed by atoms with E-state index in [4.69, 9.17) is 5.26 Å². The number of phenolic OH excluding ortho intramolecular Hbond substituents is 1. The van der Waals surface area contributed by atoms with E-state index in [9.17, 15) is 9.90 Å². The van der Waals surface area contributed by atoms with Gasteiger partial charge in [0.15, 0.2) is 0 Å². The Hall–Kier alpha value is -2.80. The normalized spacial score (nSPS) is 11.3. The van der Waals surface area contributed by atoms with Crippen molar-refractivity contribution in [2.24, 2.45) is 5.92 Å². The van der Waals surface area contributed by atoms with Crippen molar-refractivity contribution in [2.45, 2.75) is 6.42 Å². The van der Waals surface area contributed by atoms with Gasteiger partial charge in [-0.2, -0.15) is 5.26 Å². The number of nitrogens with zero attached hydrogens (tertiary/aromatic N) is 1. The number of rotatable bonds is 4. The van der Waals surface area contributed by atoms with Gasteiger partial charge in [0.2, 0.25) is 5.91 Å². The van der Waals surface area contributed by atoms with E-state index in [1.807, 2.05) is 24.3 Å². The molecule has 0 radical (unpaired) electrons. The second-order valence-corrected chi connectivity index (χ2v) is 4.41. The smallest absolute Gasteiger partial charge is 0.242 e. The van der Waals surface area contributed by atoms with Gasteiger partial charge in [0.1, 0.15) is 11.7 Å². The average Bonchev–Trinajstić information content (AvgIpc) is 2.46. The van der Waals surface area contributed by atoms with E-state index < -0.39 is 5.92 Å². The van der Waals surface area contributed by atoms with E-state index in [2.05, 4.69) is 5.32 Å². The number of nitriles is 1. The molecule has 0 fully saturated rings. The molecular weight excluding hydrogens is 252 g/mol. The van der Waals surface area contributed by atoms with E-state index in [0.717, 1.165) is 5.56 Å². The van der Waals surface area contributed by atoms with Crippen LogP contribution in [0.3, 0.4) is 0 Å². The molecule has 0 saturated carbocycles. The first-order valence-corrected chi connectivity index (χ1v) is 6.22. The Morgan fingerprint density at radius 1 is 1.20 bits per heavy atom. The Morgan fingerprint density at radius 2 is 1.95 bits per heavy atom. The molecule has 1 amide bonds. The molecule has 1 unspecified atom stereocenters. The summed E-state index contributed by atoms with van der Waals surface area (Å²) in [6.45, 7) is 0. The van der Waals surface area contributed by atoms with Gasteiger partial charge in [-0.3, -0.25) is 4.79 Å². The first-order chi connectivity index (χ1) is 9.69. The minimum absolute atomic E-state index is 0.127. The first kappa shape index (κ1) is 13.6. The van der Waals surface area contributed by atoms with Gasteiger partial charge in [-0.25, -0.2) is 0 Å². The molecule has 0 aliphatic heterocycles. The van der Waals surface area contributed by atoms with Crippen molar-refractivity contribution in [3.05, 3.63) is 60.2 Å². The molecule has 0 aliphatic carbocycles. The van der Waals surface area contributed by atoms with Crippen LogP contribution in [0.15, 0.2) is 54.6 Å². The Kier molecular flexibility index (Phi) is 4.35. The predicted molar refractivity (Wildman–Crippen MR) is 76.0 cm³/mol. The second kappa shape index (κ2) is 6.39. The Labute approximate surface area is 117 Å². The fraction of sp³-hybridized carbons (Fsp3) is 0.125. The summed E-state index contributed by atoms with van der Waals surface area (Å²) < 4.78 is 0. The molecule has 0 spiro atoms. The highest BCUT2D eigenvalue weighted by Crippen LogP contribution is 2.16. The molecule has 0 aromatic heterocycles. The van der Waals surface area contributed by atoms with Crippen LogP contribution in [0.4, 0.5) is 5.69 Å². The van der Waals surface area contributed by atoms with Gasteiger partial charge in [0.25, 0.3) is 0 Å². The summed E-state index contributed by atoms with van der Waals surface area (Å²) in [6, 6.07) is 17.6. The van der Waals surface area contributed by atoms with Gasteiger partial charge in [-0.1, -0.05) is 30.3 Å². The highest BCUT2D eigenvalue weighted by molar-refractivity contribution is 5.94. The van der Waals surface area contributed by atoms with Crippen LogP contribution in [0, 0.1) is 17.2 Å². The summed E-state index contributed by atoms with van der Waals surface area (Å²) in [4.78, 5) is 12.0. The topological polar surface area (TPSA) is 73.1 Å². The lowest BCUT2D eigenvalue weighted by Crippen LogP contribution is -2.23. The molecule has 2 aromatic carbocycles. The minimum Gasteiger partial charge on any atom is -0.508 e. The average molecular weight is 266 g/mol. The molecule has 2 aromatic rings.